The molecule has 0 saturated heterocycles. The quantitative estimate of drug-likeness (QED) is 0.127. The third-order valence-corrected chi connectivity index (χ3v) is 11.9. The first-order valence-electron chi connectivity index (χ1n) is 22.6. The Morgan fingerprint density at radius 1 is 0.300 bits per heavy atom. The van der Waals surface area contributed by atoms with E-state index in [1.165, 1.54) is 0 Å². The van der Waals surface area contributed by atoms with Gasteiger partial charge in [-0.15, -0.1) is 0 Å². The highest BCUT2D eigenvalue weighted by Crippen LogP contribution is 2.40. The van der Waals surface area contributed by atoms with Crippen molar-refractivity contribution in [3.8, 4) is 103 Å². The third-order valence-electron chi connectivity index (χ3n) is 11.9. The number of rotatable bonds is 10. The van der Waals surface area contributed by atoms with Crippen molar-refractivity contribution in [1.29, 1.82) is 0 Å². The fourth-order valence-electron chi connectivity index (χ4n) is 8.48. The third kappa shape index (κ3) is 9.62. The Bertz CT molecular complexity index is 3270. The van der Waals surface area contributed by atoms with Crippen molar-refractivity contribution in [2.45, 2.75) is 0 Å². The van der Waals surface area contributed by atoms with Gasteiger partial charge < -0.3 is 37.2 Å². The van der Waals surface area contributed by atoms with Crippen LogP contribution in [-0.2, 0) is 0 Å². The average Bonchev–Trinajstić information content (AvgIpc) is 4.05. The van der Waals surface area contributed by atoms with E-state index >= 15 is 0 Å². The predicted molar refractivity (Wildman–Crippen MR) is 281 cm³/mol. The number of methoxy groups -OCH3 is 6. The zero-order valence-corrected chi connectivity index (χ0v) is 39.8. The summed E-state index contributed by atoms with van der Waals surface area (Å²) in [7, 11) is 9.59. The lowest BCUT2D eigenvalue weighted by atomic mass is 10.0. The van der Waals surface area contributed by atoms with E-state index in [1.807, 2.05) is 48.5 Å². The van der Waals surface area contributed by atoms with E-state index in [4.69, 9.17) is 28.4 Å². The summed E-state index contributed by atoms with van der Waals surface area (Å²) in [4.78, 5) is 0. The van der Waals surface area contributed by atoms with Gasteiger partial charge in [0, 0.05) is 34.6 Å². The Morgan fingerprint density at radius 2 is 0.614 bits per heavy atom. The number of hydrogen-bond acceptors (Lipinski definition) is 6. The van der Waals surface area contributed by atoms with Gasteiger partial charge in [0.15, 0.2) is 23.0 Å². The maximum absolute atomic E-state index is 5.48. The molecule has 4 aromatic heterocycles. The van der Waals surface area contributed by atoms with E-state index in [9.17, 15) is 0 Å². The van der Waals surface area contributed by atoms with Gasteiger partial charge in [-0.2, -0.15) is 0 Å². The number of fused-ring (bicyclic) bond motifs is 2. The molecule has 0 bridgehead atoms. The van der Waals surface area contributed by atoms with Crippen LogP contribution in [0.2, 0.25) is 0 Å². The highest BCUT2D eigenvalue weighted by molar-refractivity contribution is 5.87. The minimum absolute atomic E-state index is 0.550. The van der Waals surface area contributed by atoms with Gasteiger partial charge in [-0.25, -0.2) is 0 Å². The van der Waals surface area contributed by atoms with Crippen molar-refractivity contribution in [2.24, 2.45) is 0 Å². The van der Waals surface area contributed by atoms with E-state index in [0.717, 1.165) is 78.1 Å². The largest absolute Gasteiger partial charge is 0.493 e. The van der Waals surface area contributed by atoms with Gasteiger partial charge in [0.1, 0.15) is 0 Å². The van der Waals surface area contributed by atoms with Crippen LogP contribution < -0.4 is 28.4 Å². The molecule has 0 aliphatic carbocycles. The molecular weight excluding hydrogens is 869 g/mol. The summed E-state index contributed by atoms with van der Waals surface area (Å²) in [5.41, 5.74) is 14.8. The van der Waals surface area contributed by atoms with Gasteiger partial charge in [0.05, 0.1) is 65.1 Å². The van der Waals surface area contributed by atoms with Crippen molar-refractivity contribution >= 4 is 11.0 Å². The SMILES string of the molecule is COc1cc(C#Cc2ccc3c(-c4ccccc4)cc(-c4ccccc4)cn23)cc(OC)c1OC.COc1cc(C#Cc2ccc3c(-c4ccccc4)cc(-c4ccccc4)cn23)cc(OC)c1OC. The molecule has 0 aliphatic rings. The summed E-state index contributed by atoms with van der Waals surface area (Å²) in [6.45, 7) is 0. The molecule has 0 N–H and O–H groups in total. The molecule has 10 rings (SSSR count). The molecule has 0 radical (unpaired) electrons. The van der Waals surface area contributed by atoms with E-state index in [2.05, 4.69) is 178 Å². The number of pyridine rings is 2. The molecule has 0 unspecified atom stereocenters. The standard InChI is InChI=1S/2C31H25NO3/c2*1-33-29-18-22(19-30(34-2)31(29)35-3)14-15-26-16-17-28-27(24-12-8-5-9-13-24)20-25(21-32(26)28)23-10-6-4-7-11-23/h2*4-13,16-21H,1-3H3. The topological polar surface area (TPSA) is 64.2 Å². The number of ether oxygens (including phenoxy) is 6. The first-order chi connectivity index (χ1) is 34.4. The summed E-state index contributed by atoms with van der Waals surface area (Å²) in [6, 6.07) is 62.0. The second kappa shape index (κ2) is 21.2. The van der Waals surface area contributed by atoms with Gasteiger partial charge in [0.2, 0.25) is 11.5 Å². The van der Waals surface area contributed by atoms with Crippen LogP contribution in [-0.4, -0.2) is 51.5 Å². The molecule has 0 saturated carbocycles. The van der Waals surface area contributed by atoms with Gasteiger partial charge in [-0.3, -0.25) is 0 Å². The summed E-state index contributed by atoms with van der Waals surface area (Å²) in [5, 5.41) is 0. The molecule has 0 spiro atoms. The van der Waals surface area contributed by atoms with Crippen LogP contribution in [0.15, 0.2) is 194 Å². The van der Waals surface area contributed by atoms with Crippen LogP contribution in [0.25, 0.3) is 55.5 Å². The van der Waals surface area contributed by atoms with Crippen LogP contribution >= 0.6 is 0 Å². The average molecular weight is 919 g/mol. The van der Waals surface area contributed by atoms with Crippen molar-refractivity contribution in [3.63, 3.8) is 0 Å². The van der Waals surface area contributed by atoms with Gasteiger partial charge in [0.25, 0.3) is 0 Å². The number of benzene rings is 6. The van der Waals surface area contributed by atoms with Crippen LogP contribution in [0.5, 0.6) is 34.5 Å². The van der Waals surface area contributed by atoms with Crippen LogP contribution in [0.4, 0.5) is 0 Å². The molecule has 10 aromatic rings. The lowest BCUT2D eigenvalue weighted by molar-refractivity contribution is 0.324. The molecule has 0 atom stereocenters. The van der Waals surface area contributed by atoms with Gasteiger partial charge >= 0.3 is 0 Å². The van der Waals surface area contributed by atoms with Crippen molar-refractivity contribution < 1.29 is 28.4 Å². The Hall–Kier alpha value is -9.24. The minimum Gasteiger partial charge on any atom is -0.493 e. The lowest BCUT2D eigenvalue weighted by Crippen LogP contribution is -1.96. The van der Waals surface area contributed by atoms with Crippen LogP contribution in [0, 0.1) is 23.7 Å². The first-order valence-corrected chi connectivity index (χ1v) is 22.6. The lowest BCUT2D eigenvalue weighted by Gasteiger charge is -2.12. The van der Waals surface area contributed by atoms with E-state index in [0.29, 0.717) is 34.5 Å². The van der Waals surface area contributed by atoms with Gasteiger partial charge in [-0.05, 0) is 106 Å². The summed E-state index contributed by atoms with van der Waals surface area (Å²) < 4.78 is 37.1. The Kier molecular flexibility index (Phi) is 13.9. The highest BCUT2D eigenvalue weighted by Gasteiger charge is 2.16. The van der Waals surface area contributed by atoms with Crippen LogP contribution in [0.3, 0.4) is 0 Å². The molecule has 4 heterocycles. The maximum Gasteiger partial charge on any atom is 0.203 e. The van der Waals surface area contributed by atoms with Crippen molar-refractivity contribution in [1.82, 2.24) is 8.80 Å². The molecular formula is C62H50N2O6. The minimum atomic E-state index is 0.550. The first kappa shape index (κ1) is 45.9. The molecule has 0 fully saturated rings. The van der Waals surface area contributed by atoms with E-state index in [-0.39, 0.29) is 0 Å². The zero-order chi connectivity index (χ0) is 48.4. The molecule has 0 aliphatic heterocycles. The second-order valence-corrected chi connectivity index (χ2v) is 16.0. The Morgan fingerprint density at radius 3 is 0.914 bits per heavy atom. The fourth-order valence-corrected chi connectivity index (χ4v) is 8.48. The predicted octanol–water partition coefficient (Wildman–Crippen LogP) is 13.4. The highest BCUT2D eigenvalue weighted by atomic mass is 16.5. The molecule has 8 heteroatoms. The van der Waals surface area contributed by atoms with Crippen LogP contribution in [0.1, 0.15) is 22.5 Å². The number of hydrogen-bond donors (Lipinski definition) is 0. The van der Waals surface area contributed by atoms with Crippen molar-refractivity contribution in [2.75, 3.05) is 42.7 Å². The maximum atomic E-state index is 5.48. The molecule has 6 aromatic carbocycles. The molecule has 0 amide bonds. The second-order valence-electron chi connectivity index (χ2n) is 16.0. The number of nitrogens with zero attached hydrogens (tertiary/aromatic N) is 2. The Labute approximate surface area is 408 Å². The number of aromatic nitrogens is 2. The van der Waals surface area contributed by atoms with E-state index in [1.54, 1.807) is 42.7 Å². The summed E-state index contributed by atoms with van der Waals surface area (Å²) in [6.07, 6.45) is 4.30. The van der Waals surface area contributed by atoms with Gasteiger partial charge in [-0.1, -0.05) is 133 Å². The smallest absolute Gasteiger partial charge is 0.203 e. The molecule has 344 valence electrons. The van der Waals surface area contributed by atoms with E-state index < -0.39 is 0 Å². The monoisotopic (exact) mass is 918 g/mol. The Balaban J connectivity index is 0.000000174. The fraction of sp³-hybridized carbons (Fsp3) is 0.0968. The summed E-state index contributed by atoms with van der Waals surface area (Å²) >= 11 is 0. The molecule has 70 heavy (non-hydrogen) atoms. The van der Waals surface area contributed by atoms with Crippen molar-refractivity contribution in [3.05, 3.63) is 217 Å². The zero-order valence-electron chi connectivity index (χ0n) is 39.8. The summed E-state index contributed by atoms with van der Waals surface area (Å²) in [5.74, 6) is 16.6. The normalized spacial score (nSPS) is 10.5. The molecule has 8 nitrogen and oxygen atoms in total.